The van der Waals surface area contributed by atoms with Gasteiger partial charge in [-0.2, -0.15) is 9.97 Å². The molecule has 0 unspecified atom stereocenters. The molecule has 6 heterocycles. The number of halogens is 3. The number of fused-ring (bicyclic) bond motifs is 2. The maximum absolute atomic E-state index is 15.4. The van der Waals surface area contributed by atoms with Crippen LogP contribution in [0, 0.1) is 11.6 Å². The zero-order valence-corrected chi connectivity index (χ0v) is 41.4. The number of aromatic nitrogens is 6. The summed E-state index contributed by atoms with van der Waals surface area (Å²) in [5.41, 5.74) is 10.8. The van der Waals surface area contributed by atoms with E-state index in [0.717, 1.165) is 115 Å². The number of benzene rings is 2. The molecular formula is C50H65ClF2N14O2. The van der Waals surface area contributed by atoms with Crippen LogP contribution in [-0.4, -0.2) is 155 Å². The highest BCUT2D eigenvalue weighted by atomic mass is 35.5. The van der Waals surface area contributed by atoms with E-state index in [0.29, 0.717) is 17.2 Å². The number of likely N-dealkylation sites (N-methyl/N-ethyl adjacent to an activating group) is 2. The molecule has 2 saturated carbocycles. The average molecular weight is 968 g/mol. The van der Waals surface area contributed by atoms with E-state index in [-0.39, 0.29) is 51.3 Å². The van der Waals surface area contributed by atoms with Gasteiger partial charge in [0.1, 0.15) is 22.7 Å². The van der Waals surface area contributed by atoms with Crippen molar-refractivity contribution < 1.29 is 18.4 Å². The normalized spacial score (nSPS) is 17.2. The minimum atomic E-state index is -0.563. The summed E-state index contributed by atoms with van der Waals surface area (Å²) in [6, 6.07) is 16.5. The first-order valence-corrected chi connectivity index (χ1v) is 24.4. The topological polar surface area (TPSA) is 153 Å². The third-order valence-electron chi connectivity index (χ3n) is 13.7. The van der Waals surface area contributed by atoms with Crippen molar-refractivity contribution in [2.24, 2.45) is 0 Å². The Hall–Kier alpha value is -6.11. The van der Waals surface area contributed by atoms with Crippen LogP contribution >= 0.6 is 11.6 Å². The highest BCUT2D eigenvalue weighted by molar-refractivity contribution is 6.28. The highest BCUT2D eigenvalue weighted by Crippen LogP contribution is 2.38. The monoisotopic (exact) mass is 967 g/mol. The van der Waals surface area contributed by atoms with Crippen LogP contribution in [0.1, 0.15) is 84.4 Å². The van der Waals surface area contributed by atoms with Gasteiger partial charge in [-0.25, -0.2) is 18.7 Å². The average Bonchev–Trinajstić information content (AvgIpc) is 4.17. The molecule has 0 radical (unpaired) electrons. The first-order valence-electron chi connectivity index (χ1n) is 24.0. The molecule has 4 aromatic heterocycles. The van der Waals surface area contributed by atoms with Crippen molar-refractivity contribution in [2.45, 2.75) is 63.5 Å². The van der Waals surface area contributed by atoms with E-state index in [4.69, 9.17) is 17.3 Å². The predicted molar refractivity (Wildman–Crippen MR) is 271 cm³/mol. The third-order valence-corrected chi connectivity index (χ3v) is 13.9. The van der Waals surface area contributed by atoms with Crippen molar-refractivity contribution in [3.05, 3.63) is 89.2 Å². The molecule has 2 aliphatic heterocycles. The van der Waals surface area contributed by atoms with E-state index < -0.39 is 11.6 Å². The molecule has 0 atom stereocenters. The molecule has 0 bridgehead atoms. The zero-order valence-electron chi connectivity index (χ0n) is 40.6. The van der Waals surface area contributed by atoms with Crippen LogP contribution in [0.15, 0.2) is 60.9 Å². The molecule has 3 N–H and O–H groups in total. The lowest BCUT2D eigenvalue weighted by molar-refractivity contribution is 0.0803. The van der Waals surface area contributed by atoms with Crippen LogP contribution in [-0.2, 0) is 0 Å². The molecule has 6 aromatic rings. The number of nitrogen functional groups attached to an aromatic ring is 1. The van der Waals surface area contributed by atoms with Gasteiger partial charge in [0.05, 0.1) is 10.8 Å². The number of amides is 2. The summed E-state index contributed by atoms with van der Waals surface area (Å²) in [6.07, 6.45) is 10.8. The Morgan fingerprint density at radius 2 is 1.03 bits per heavy atom. The van der Waals surface area contributed by atoms with Gasteiger partial charge in [-0.15, -0.1) is 0 Å². The molecule has 0 spiro atoms. The summed E-state index contributed by atoms with van der Waals surface area (Å²) in [5, 5.41) is 3.84. The number of carbonyl (C=O) groups is 2. The first-order chi connectivity index (χ1) is 33.2. The van der Waals surface area contributed by atoms with Gasteiger partial charge in [-0.3, -0.25) is 9.59 Å². The summed E-state index contributed by atoms with van der Waals surface area (Å²) in [6.45, 7) is 8.66. The van der Waals surface area contributed by atoms with Gasteiger partial charge >= 0.3 is 0 Å². The molecule has 16 nitrogen and oxygen atoms in total. The maximum atomic E-state index is 15.4. The zero-order chi connectivity index (χ0) is 48.9. The minimum absolute atomic E-state index is 0.0541. The number of nitrogens with two attached hydrogens (primary N) is 1. The van der Waals surface area contributed by atoms with E-state index in [1.165, 1.54) is 33.6 Å². The number of nitrogens with zero attached hydrogens (tertiary/aromatic N) is 12. The summed E-state index contributed by atoms with van der Waals surface area (Å²) < 4.78 is 33.6. The number of hydrogen-bond donors (Lipinski definition) is 2. The number of nitrogens with one attached hydrogen (secondary N) is 1. The van der Waals surface area contributed by atoms with E-state index in [1.54, 1.807) is 32.8 Å². The fourth-order valence-electron chi connectivity index (χ4n) is 9.69. The molecule has 2 saturated heterocycles. The molecule has 4 aliphatic rings. The van der Waals surface area contributed by atoms with Crippen LogP contribution in [0.5, 0.6) is 0 Å². The minimum Gasteiger partial charge on any atom is -0.399 e. The van der Waals surface area contributed by atoms with Crippen LogP contribution in [0.25, 0.3) is 22.1 Å². The van der Waals surface area contributed by atoms with Crippen LogP contribution in [0.2, 0.25) is 5.28 Å². The standard InChI is InChI=1S/C25H32FN7O.C14H16ClFN4O.C11H17N3/c1-30(2)24(34)22-21(26)20-16-27-25(29-23(20)33(22)19-6-4-5-7-19)28-17-8-10-18(11-9-17)32-14-12-31(3)13-15-32;1-19(2)13(21)11-10(16)9-7-17-14(15)18-12(9)20(11)8-5-3-4-6-8;1-13-6-8-14(9-7-13)11-4-2-10(12)3-5-11/h8-11,16,19H,4-7,12-15H2,1-3H3,(H,27,28,29);7-8H,3-6H2,1-2H3;2-5H,6-9,12H2,1H3. The second kappa shape index (κ2) is 21.7. The molecule has 69 heavy (non-hydrogen) atoms. The van der Waals surface area contributed by atoms with E-state index in [9.17, 15) is 14.0 Å². The Bertz CT molecular complexity index is 2720. The summed E-state index contributed by atoms with van der Waals surface area (Å²) in [7, 11) is 10.8. The second-order valence-corrected chi connectivity index (χ2v) is 19.3. The van der Waals surface area contributed by atoms with Crippen molar-refractivity contribution in [1.29, 1.82) is 0 Å². The lowest BCUT2D eigenvalue weighted by Gasteiger charge is -2.34. The van der Waals surface area contributed by atoms with E-state index >= 15 is 4.39 Å². The lowest BCUT2D eigenvalue weighted by Crippen LogP contribution is -2.44. The smallest absolute Gasteiger partial charge is 0.273 e. The van der Waals surface area contributed by atoms with Gasteiger partial charge in [0.25, 0.3) is 11.8 Å². The Kier molecular flexibility index (Phi) is 15.5. The summed E-state index contributed by atoms with van der Waals surface area (Å²) >= 11 is 5.85. The van der Waals surface area contributed by atoms with Gasteiger partial charge in [-0.05, 0) is 99.9 Å². The van der Waals surface area contributed by atoms with Crippen LogP contribution in [0.4, 0.5) is 37.5 Å². The summed E-state index contributed by atoms with van der Waals surface area (Å²) in [4.78, 5) is 54.5. The van der Waals surface area contributed by atoms with Gasteiger partial charge in [0, 0.05) is 128 Å². The quantitative estimate of drug-likeness (QED) is 0.113. The maximum Gasteiger partial charge on any atom is 0.273 e. The van der Waals surface area contributed by atoms with Crippen molar-refractivity contribution in [3.63, 3.8) is 0 Å². The van der Waals surface area contributed by atoms with Gasteiger partial charge in [-0.1, -0.05) is 25.7 Å². The van der Waals surface area contributed by atoms with Gasteiger partial charge in [0.2, 0.25) is 11.2 Å². The molecule has 2 amide bonds. The van der Waals surface area contributed by atoms with Gasteiger partial charge in [0.15, 0.2) is 11.6 Å². The number of piperazine rings is 2. The Balaban J connectivity index is 0.000000155. The molecule has 2 aliphatic carbocycles. The van der Waals surface area contributed by atoms with Crippen LogP contribution in [0.3, 0.4) is 0 Å². The number of hydrogen-bond acceptors (Lipinski definition) is 12. The van der Waals surface area contributed by atoms with Crippen molar-refractivity contribution in [2.75, 3.05) is 115 Å². The number of carbonyl (C=O) groups excluding carboxylic acids is 2. The first kappa shape index (κ1) is 49.3. The van der Waals surface area contributed by atoms with E-state index in [2.05, 4.69) is 83.2 Å². The fraction of sp³-hybridized carbons (Fsp3) is 0.480. The summed E-state index contributed by atoms with van der Waals surface area (Å²) in [5.74, 6) is -1.43. The largest absolute Gasteiger partial charge is 0.399 e. The Labute approximate surface area is 408 Å². The second-order valence-electron chi connectivity index (χ2n) is 19.0. The lowest BCUT2D eigenvalue weighted by atomic mass is 10.2. The van der Waals surface area contributed by atoms with Crippen molar-refractivity contribution >= 4 is 74.2 Å². The van der Waals surface area contributed by atoms with E-state index in [1.807, 2.05) is 28.8 Å². The molecule has 10 rings (SSSR count). The number of anilines is 5. The van der Waals surface area contributed by atoms with Crippen molar-refractivity contribution in [1.82, 2.24) is 48.7 Å². The SMILES string of the molecule is CN(C)C(=O)c1c(F)c2cnc(Cl)nc2n1C1CCCC1.CN1CCN(c2ccc(N)cc2)CC1.CN1CCN(c2ccc(Nc3ncc4c(F)c(C(=O)N(C)C)n(C5CCCC5)c4n3)cc2)CC1. The highest BCUT2D eigenvalue weighted by Gasteiger charge is 2.33. The molecule has 19 heteroatoms. The predicted octanol–water partition coefficient (Wildman–Crippen LogP) is 7.94. The Morgan fingerprint density at radius 3 is 1.46 bits per heavy atom. The fourth-order valence-corrected chi connectivity index (χ4v) is 9.82. The molecule has 2 aromatic carbocycles. The molecule has 4 fully saturated rings. The van der Waals surface area contributed by atoms with Gasteiger partial charge < -0.3 is 49.6 Å². The Morgan fingerprint density at radius 1 is 0.623 bits per heavy atom. The number of rotatable bonds is 8. The third kappa shape index (κ3) is 11.0. The molecule has 368 valence electrons. The van der Waals surface area contributed by atoms with Crippen molar-refractivity contribution in [3.8, 4) is 0 Å². The molecular weight excluding hydrogens is 902 g/mol. The van der Waals surface area contributed by atoms with Crippen LogP contribution < -0.4 is 20.9 Å².